The highest BCUT2D eigenvalue weighted by Gasteiger charge is 2.21. The van der Waals surface area contributed by atoms with Gasteiger partial charge in [0.25, 0.3) is 5.56 Å². The Kier molecular flexibility index (Phi) is 4.03. The summed E-state index contributed by atoms with van der Waals surface area (Å²) in [5, 5.41) is 3.36. The van der Waals surface area contributed by atoms with Crippen LogP contribution in [0, 0.1) is 11.6 Å². The van der Waals surface area contributed by atoms with Crippen LogP contribution in [0.4, 0.5) is 8.78 Å². The molecule has 1 aliphatic carbocycles. The molecule has 0 saturated heterocycles. The van der Waals surface area contributed by atoms with Crippen LogP contribution in [0.25, 0.3) is 0 Å². The molecular weight excluding hydrogens is 296 g/mol. The molecule has 3 rings (SSSR count). The number of hydrogen-bond acceptors (Lipinski definition) is 4. The first kappa shape index (κ1) is 14.2. The van der Waals surface area contributed by atoms with Gasteiger partial charge in [0.1, 0.15) is 11.6 Å². The lowest BCUT2D eigenvalue weighted by molar-refractivity contribution is 0.533. The maximum atomic E-state index is 14.0. The molecule has 0 unspecified atom stereocenters. The van der Waals surface area contributed by atoms with Crippen molar-refractivity contribution >= 4 is 11.8 Å². The summed E-state index contributed by atoms with van der Waals surface area (Å²) in [7, 11) is 0. The van der Waals surface area contributed by atoms with Gasteiger partial charge in [-0.25, -0.2) is 13.8 Å². The quantitative estimate of drug-likeness (QED) is 0.833. The molecule has 4 nitrogen and oxygen atoms in total. The van der Waals surface area contributed by atoms with Gasteiger partial charge in [-0.15, -0.1) is 0 Å². The summed E-state index contributed by atoms with van der Waals surface area (Å²) in [4.78, 5) is 17.3. The lowest BCUT2D eigenvalue weighted by Gasteiger charge is -2.08. The molecule has 1 fully saturated rings. The van der Waals surface area contributed by atoms with E-state index in [2.05, 4.69) is 15.3 Å². The average Bonchev–Trinajstić information content (AvgIpc) is 3.25. The first-order chi connectivity index (χ1) is 10.1. The SMILES string of the molecule is O=c1ccnc(Sc2c(F)cc(CNC3CC3)cc2F)[nH]1. The van der Waals surface area contributed by atoms with E-state index >= 15 is 0 Å². The third-order valence-corrected chi connectivity index (χ3v) is 4.07. The van der Waals surface area contributed by atoms with Gasteiger partial charge in [0, 0.05) is 24.8 Å². The summed E-state index contributed by atoms with van der Waals surface area (Å²) >= 11 is 0.763. The van der Waals surface area contributed by atoms with Gasteiger partial charge in [-0.3, -0.25) is 4.79 Å². The van der Waals surface area contributed by atoms with Crippen LogP contribution >= 0.6 is 11.8 Å². The van der Waals surface area contributed by atoms with Gasteiger partial charge in [0.2, 0.25) is 0 Å². The maximum Gasteiger partial charge on any atom is 0.251 e. The zero-order valence-electron chi connectivity index (χ0n) is 11.0. The van der Waals surface area contributed by atoms with Crippen LogP contribution in [0.3, 0.4) is 0 Å². The molecule has 1 aromatic heterocycles. The Morgan fingerprint density at radius 1 is 1.33 bits per heavy atom. The third-order valence-electron chi connectivity index (χ3n) is 3.08. The Hall–Kier alpha value is -1.73. The first-order valence-corrected chi connectivity index (χ1v) is 7.38. The van der Waals surface area contributed by atoms with Crippen molar-refractivity contribution < 1.29 is 8.78 Å². The molecule has 2 N–H and O–H groups in total. The lowest BCUT2D eigenvalue weighted by Crippen LogP contribution is -2.15. The molecule has 7 heteroatoms. The number of H-pyrrole nitrogens is 1. The van der Waals surface area contributed by atoms with Crippen molar-refractivity contribution in [1.82, 2.24) is 15.3 Å². The summed E-state index contributed by atoms with van der Waals surface area (Å²) in [6.45, 7) is 0.448. The lowest BCUT2D eigenvalue weighted by atomic mass is 10.2. The van der Waals surface area contributed by atoms with Crippen LogP contribution in [-0.2, 0) is 6.54 Å². The van der Waals surface area contributed by atoms with Gasteiger partial charge in [-0.2, -0.15) is 0 Å². The Balaban J connectivity index is 1.79. The van der Waals surface area contributed by atoms with E-state index in [4.69, 9.17) is 0 Å². The highest BCUT2D eigenvalue weighted by molar-refractivity contribution is 7.99. The molecule has 1 saturated carbocycles. The number of nitrogens with zero attached hydrogens (tertiary/aromatic N) is 1. The van der Waals surface area contributed by atoms with E-state index in [0.29, 0.717) is 18.2 Å². The fraction of sp³-hybridized carbons (Fsp3) is 0.286. The van der Waals surface area contributed by atoms with E-state index in [1.54, 1.807) is 0 Å². The molecule has 1 aliphatic rings. The highest BCUT2D eigenvalue weighted by atomic mass is 32.2. The largest absolute Gasteiger partial charge is 0.310 e. The second kappa shape index (κ2) is 5.95. The summed E-state index contributed by atoms with van der Waals surface area (Å²) in [5.41, 5.74) is 0.203. The number of halogens is 2. The fourth-order valence-electron chi connectivity index (χ4n) is 1.86. The van der Waals surface area contributed by atoms with E-state index < -0.39 is 11.6 Å². The summed E-state index contributed by atoms with van der Waals surface area (Å²) < 4.78 is 28.1. The van der Waals surface area contributed by atoms with Crippen molar-refractivity contribution in [3.63, 3.8) is 0 Å². The van der Waals surface area contributed by atoms with Gasteiger partial charge < -0.3 is 10.3 Å². The predicted molar refractivity (Wildman–Crippen MR) is 75.2 cm³/mol. The first-order valence-electron chi connectivity index (χ1n) is 6.56. The third kappa shape index (κ3) is 3.68. The molecule has 0 radical (unpaired) electrons. The minimum atomic E-state index is -0.654. The van der Waals surface area contributed by atoms with Crippen molar-refractivity contribution in [3.05, 3.63) is 51.9 Å². The van der Waals surface area contributed by atoms with Gasteiger partial charge >= 0.3 is 0 Å². The van der Waals surface area contributed by atoms with Crippen molar-refractivity contribution in [2.24, 2.45) is 0 Å². The van der Waals surface area contributed by atoms with Crippen molar-refractivity contribution in [3.8, 4) is 0 Å². The van der Waals surface area contributed by atoms with Gasteiger partial charge in [-0.05, 0) is 42.3 Å². The van der Waals surface area contributed by atoms with Crippen LogP contribution < -0.4 is 10.9 Å². The molecule has 0 spiro atoms. The number of nitrogens with one attached hydrogen (secondary N) is 2. The van der Waals surface area contributed by atoms with Gasteiger partial charge in [0.15, 0.2) is 5.16 Å². The smallest absolute Gasteiger partial charge is 0.251 e. The number of aromatic amines is 1. The molecule has 21 heavy (non-hydrogen) atoms. The van der Waals surface area contributed by atoms with Crippen LogP contribution in [0.5, 0.6) is 0 Å². The Labute approximate surface area is 124 Å². The minimum absolute atomic E-state index is 0.157. The Morgan fingerprint density at radius 3 is 2.67 bits per heavy atom. The van der Waals surface area contributed by atoms with E-state index in [1.165, 1.54) is 24.4 Å². The zero-order valence-corrected chi connectivity index (χ0v) is 11.8. The van der Waals surface area contributed by atoms with E-state index in [1.807, 2.05) is 0 Å². The van der Waals surface area contributed by atoms with Crippen molar-refractivity contribution in [2.75, 3.05) is 0 Å². The standard InChI is InChI=1S/C14H13F2N3OS/c15-10-5-8(7-18-9-1-2-9)6-11(16)13(10)21-14-17-4-3-12(20)19-14/h3-6,9,18H,1-2,7H2,(H,17,19,20). The van der Waals surface area contributed by atoms with E-state index in [9.17, 15) is 13.6 Å². The van der Waals surface area contributed by atoms with Crippen molar-refractivity contribution in [1.29, 1.82) is 0 Å². The molecule has 1 aromatic carbocycles. The Morgan fingerprint density at radius 2 is 2.05 bits per heavy atom. The topological polar surface area (TPSA) is 57.8 Å². The van der Waals surface area contributed by atoms with Crippen LogP contribution in [0.2, 0.25) is 0 Å². The van der Waals surface area contributed by atoms with E-state index in [0.717, 1.165) is 24.6 Å². The summed E-state index contributed by atoms with van der Waals surface area (Å²) in [6, 6.07) is 4.33. The fourth-order valence-corrected chi connectivity index (χ4v) is 2.63. The summed E-state index contributed by atoms with van der Waals surface area (Å²) in [5.74, 6) is -1.31. The number of aromatic nitrogens is 2. The molecule has 2 aromatic rings. The molecule has 110 valence electrons. The highest BCUT2D eigenvalue weighted by Crippen LogP contribution is 2.30. The van der Waals surface area contributed by atoms with E-state index in [-0.39, 0.29) is 15.6 Å². The van der Waals surface area contributed by atoms with Crippen LogP contribution in [0.15, 0.2) is 39.2 Å². The maximum absolute atomic E-state index is 14.0. The molecule has 1 heterocycles. The number of benzene rings is 1. The molecule has 0 aliphatic heterocycles. The Bertz CT molecular complexity index is 692. The van der Waals surface area contributed by atoms with Crippen molar-refractivity contribution in [2.45, 2.75) is 35.5 Å². The number of hydrogen-bond donors (Lipinski definition) is 2. The van der Waals surface area contributed by atoms with Crippen LogP contribution in [-0.4, -0.2) is 16.0 Å². The predicted octanol–water partition coefficient (Wildman–Crippen LogP) is 2.45. The molecule has 0 amide bonds. The minimum Gasteiger partial charge on any atom is -0.310 e. The second-order valence-corrected chi connectivity index (χ2v) is 5.88. The normalized spacial score (nSPS) is 14.4. The van der Waals surface area contributed by atoms with Gasteiger partial charge in [-0.1, -0.05) is 0 Å². The monoisotopic (exact) mass is 309 g/mol. The summed E-state index contributed by atoms with van der Waals surface area (Å²) in [6.07, 6.45) is 3.53. The average molecular weight is 309 g/mol. The second-order valence-electron chi connectivity index (χ2n) is 4.89. The zero-order chi connectivity index (χ0) is 14.8. The molecule has 0 atom stereocenters. The number of rotatable bonds is 5. The van der Waals surface area contributed by atoms with Gasteiger partial charge in [0.05, 0.1) is 4.90 Å². The molecular formula is C14H13F2N3OS. The molecule has 0 bridgehead atoms. The van der Waals surface area contributed by atoms with Crippen LogP contribution in [0.1, 0.15) is 18.4 Å².